The van der Waals surface area contributed by atoms with E-state index in [-0.39, 0.29) is 51.2 Å². The van der Waals surface area contributed by atoms with Gasteiger partial charge in [-0.2, -0.15) is 0 Å². The molecule has 7 heterocycles. The average Bonchev–Trinajstić information content (AvgIpc) is 1.73. The summed E-state index contributed by atoms with van der Waals surface area (Å²) in [5.74, 6) is -7.69. The summed E-state index contributed by atoms with van der Waals surface area (Å²) in [5.41, 5.74) is 3.27. The highest BCUT2D eigenvalue weighted by Crippen LogP contribution is 2.32. The molecule has 0 aliphatic carbocycles. The smallest absolute Gasteiger partial charge is 0.251 e. The Morgan fingerprint density at radius 2 is 1.25 bits per heavy atom. The molecule has 9 amide bonds. The number of hydrogen-bond acceptors (Lipinski definition) is 11. The third-order valence-corrected chi connectivity index (χ3v) is 17.6. The molecule has 25 heteroatoms. The zero-order valence-corrected chi connectivity index (χ0v) is 51.7. The lowest BCUT2D eigenvalue weighted by molar-refractivity contribution is -0.147. The van der Waals surface area contributed by atoms with Crippen LogP contribution in [0.25, 0.3) is 21.8 Å². The molecule has 7 aromatic rings. The van der Waals surface area contributed by atoms with E-state index in [1.165, 1.54) is 74.6 Å². The molecule has 5 aliphatic rings. The lowest BCUT2D eigenvalue weighted by atomic mass is 9.95. The van der Waals surface area contributed by atoms with Crippen LogP contribution >= 0.6 is 0 Å². The predicted octanol–water partition coefficient (Wildman–Crippen LogP) is 3.95. The Morgan fingerprint density at radius 3 is 1.88 bits per heavy atom. The summed E-state index contributed by atoms with van der Waals surface area (Å²) in [6.07, 6.45) is -1.05. The maximum Gasteiger partial charge on any atom is 0.251 e. The number of aliphatic hydroxyl groups excluding tert-OH is 1. The van der Waals surface area contributed by atoms with Gasteiger partial charge in [0.1, 0.15) is 65.3 Å². The molecule has 5 aromatic carbocycles. The summed E-state index contributed by atoms with van der Waals surface area (Å²) in [6, 6.07) is 18.8. The van der Waals surface area contributed by atoms with Crippen LogP contribution in [0.4, 0.5) is 13.2 Å². The zero-order valence-electron chi connectivity index (χ0n) is 51.7. The van der Waals surface area contributed by atoms with Gasteiger partial charge in [0.2, 0.25) is 47.3 Å². The van der Waals surface area contributed by atoms with Gasteiger partial charge in [0.25, 0.3) is 5.91 Å². The van der Waals surface area contributed by atoms with Crippen LogP contribution in [0.3, 0.4) is 0 Å². The van der Waals surface area contributed by atoms with Gasteiger partial charge in [-0.15, -0.1) is 0 Å². The van der Waals surface area contributed by atoms with Crippen molar-refractivity contribution in [2.45, 2.75) is 133 Å². The molecule has 10 N–H and O–H groups in total. The molecule has 0 unspecified atom stereocenters. The lowest BCUT2D eigenvalue weighted by Crippen LogP contribution is -2.63. The van der Waals surface area contributed by atoms with Gasteiger partial charge in [-0.05, 0) is 134 Å². The van der Waals surface area contributed by atoms with Gasteiger partial charge in [0.05, 0.1) is 26.2 Å². The monoisotopic (exact) mass is 1280 g/mol. The first-order valence-corrected chi connectivity index (χ1v) is 30.9. The van der Waals surface area contributed by atoms with E-state index in [1.54, 1.807) is 79.7 Å². The lowest BCUT2D eigenvalue weighted by Gasteiger charge is -2.37. The largest absolute Gasteiger partial charge is 0.497 e. The van der Waals surface area contributed by atoms with E-state index in [2.05, 4.69) is 47.2 Å². The number of carbonyl (C=O) groups excluding carboxylic acids is 9. The quantitative estimate of drug-likeness (QED) is 0.104. The minimum absolute atomic E-state index is 0.130. The SMILES string of the molecule is COc1ccc(C[C@@H]2NC(=O)[C@@H]([C@H](C)O)NC(=O)[C@@H]3C[C@H](F)CN3C(=O)[C@H](Cc3c[nH]c4ccc(F)cc34)NC(=O)[C@H](Cc3c[nH]c4ccc(F)cc34)NC(=O)[C@@H](C)NC(=O)Cc3ccc(cc3)CNC(=O)c3ccc(cc3)CCNC(=O)[C@]3(C)CCCN3C2=O)cc1. The molecular formula is C68H74F3N11O11. The molecular weight excluding hydrogens is 1200 g/mol. The van der Waals surface area contributed by atoms with Gasteiger partial charge in [0, 0.05) is 85.1 Å². The first-order valence-electron chi connectivity index (χ1n) is 30.9. The first kappa shape index (κ1) is 65.9. The third-order valence-electron chi connectivity index (χ3n) is 17.6. The molecule has 12 rings (SSSR count). The zero-order chi connectivity index (χ0) is 66.3. The number of alkyl halides is 1. The number of nitrogens with zero attached hydrogens (tertiary/aromatic N) is 2. The van der Waals surface area contributed by atoms with E-state index < -0.39 is 132 Å². The number of hydrogen-bond donors (Lipinski definition) is 10. The molecule has 22 nitrogen and oxygen atoms in total. The van der Waals surface area contributed by atoms with Crippen molar-refractivity contribution in [2.24, 2.45) is 0 Å². The van der Waals surface area contributed by atoms with Crippen LogP contribution < -0.4 is 42.0 Å². The minimum atomic E-state index is -1.84. The third kappa shape index (κ3) is 15.5. The number of ether oxygens (including phenoxy) is 1. The van der Waals surface area contributed by atoms with Gasteiger partial charge in [-0.25, -0.2) is 13.2 Å². The number of benzene rings is 5. The second-order valence-corrected chi connectivity index (χ2v) is 24.3. The van der Waals surface area contributed by atoms with Crippen molar-refractivity contribution in [3.63, 3.8) is 0 Å². The van der Waals surface area contributed by atoms with Crippen molar-refractivity contribution < 1.29 is 66.2 Å². The van der Waals surface area contributed by atoms with Crippen LogP contribution in [-0.2, 0) is 77.0 Å². The van der Waals surface area contributed by atoms with Gasteiger partial charge < -0.3 is 66.8 Å². The molecule has 4 bridgehead atoms. The van der Waals surface area contributed by atoms with E-state index in [9.17, 15) is 42.7 Å². The molecule has 0 saturated carbocycles. The molecule has 0 spiro atoms. The number of methoxy groups -OCH3 is 1. The second-order valence-electron chi connectivity index (χ2n) is 24.3. The van der Waals surface area contributed by atoms with Crippen molar-refractivity contribution in [1.29, 1.82) is 0 Å². The van der Waals surface area contributed by atoms with Gasteiger partial charge in [-0.3, -0.25) is 43.2 Å². The number of fused-ring (bicyclic) bond motifs is 4. The number of H-pyrrole nitrogens is 2. The van der Waals surface area contributed by atoms with Crippen LogP contribution in [0.15, 0.2) is 122 Å². The number of aliphatic hydroxyl groups is 1. The Balaban J connectivity index is 0.973. The van der Waals surface area contributed by atoms with Crippen LogP contribution in [0.5, 0.6) is 5.75 Å². The Hall–Kier alpha value is -10.0. The Morgan fingerprint density at radius 1 is 0.656 bits per heavy atom. The van der Waals surface area contributed by atoms with E-state index in [0.29, 0.717) is 68.2 Å². The van der Waals surface area contributed by atoms with Crippen molar-refractivity contribution >= 4 is 75.0 Å². The fourth-order valence-corrected chi connectivity index (χ4v) is 12.3. The van der Waals surface area contributed by atoms with E-state index >= 15 is 18.8 Å². The van der Waals surface area contributed by atoms with E-state index in [4.69, 9.17) is 4.74 Å². The summed E-state index contributed by atoms with van der Waals surface area (Å²) in [4.78, 5) is 138. The van der Waals surface area contributed by atoms with Crippen molar-refractivity contribution in [3.05, 3.63) is 172 Å². The fraction of sp³-hybridized carbons (Fsp3) is 0.368. The Labute approximate surface area is 533 Å². The summed E-state index contributed by atoms with van der Waals surface area (Å²) in [7, 11) is 1.48. The molecule has 5 aliphatic heterocycles. The highest BCUT2D eigenvalue weighted by molar-refractivity contribution is 6.00. The van der Waals surface area contributed by atoms with Gasteiger partial charge >= 0.3 is 0 Å². The maximum atomic E-state index is 16.0. The second kappa shape index (κ2) is 28.6. The highest BCUT2D eigenvalue weighted by atomic mass is 19.1. The molecule has 0 radical (unpaired) electrons. The Bertz CT molecular complexity index is 3950. The van der Waals surface area contributed by atoms with Crippen molar-refractivity contribution in [3.8, 4) is 5.75 Å². The molecule has 488 valence electrons. The number of halogens is 3. The number of nitrogens with one attached hydrogen (secondary N) is 9. The van der Waals surface area contributed by atoms with Gasteiger partial charge in [-0.1, -0.05) is 48.5 Å². The number of carbonyl (C=O) groups is 9. The van der Waals surface area contributed by atoms with Crippen molar-refractivity contribution in [1.82, 2.24) is 57.0 Å². The molecule has 9 atom stereocenters. The van der Waals surface area contributed by atoms with Crippen LogP contribution in [0.1, 0.15) is 83.8 Å². The van der Waals surface area contributed by atoms with Crippen LogP contribution in [-0.4, -0.2) is 159 Å². The summed E-state index contributed by atoms with van der Waals surface area (Å²) < 4.78 is 51.1. The first-order chi connectivity index (χ1) is 44.5. The predicted molar refractivity (Wildman–Crippen MR) is 336 cm³/mol. The Kier molecular flexibility index (Phi) is 20.3. The molecule has 93 heavy (non-hydrogen) atoms. The minimum Gasteiger partial charge on any atom is -0.497 e. The number of amides is 9. The number of rotatable bonds is 8. The number of aromatic amines is 2. The summed E-state index contributed by atoms with van der Waals surface area (Å²) in [6.45, 7) is 4.00. The normalized spacial score (nSPS) is 24.1. The number of aromatic nitrogens is 2. The molecule has 2 aromatic heterocycles. The average molecular weight is 1280 g/mol. The summed E-state index contributed by atoms with van der Waals surface area (Å²) >= 11 is 0. The maximum absolute atomic E-state index is 16.0. The summed E-state index contributed by atoms with van der Waals surface area (Å²) in [5, 5.41) is 31.1. The fourth-order valence-electron chi connectivity index (χ4n) is 12.3. The van der Waals surface area contributed by atoms with Gasteiger partial charge in [0.15, 0.2) is 0 Å². The van der Waals surface area contributed by atoms with Crippen molar-refractivity contribution in [2.75, 3.05) is 26.7 Å². The van der Waals surface area contributed by atoms with Crippen LogP contribution in [0.2, 0.25) is 0 Å². The highest BCUT2D eigenvalue weighted by Gasteiger charge is 2.49. The topological polar surface area (TPSA) is 305 Å². The molecule has 2 fully saturated rings. The standard InChI is InChI=1S/C68H74F3N11O11/c1-37-60(85)77-54(28-44-34-73-52-20-16-46(69)30-50(44)52)62(87)78-56(29-45-35-74-53-21-17-47(70)31-51(45)53)65(90)81-36-48(71)32-57(81)63(88)80-59(38(2)83)64(89)79-55(26-40-12-18-49(93-4)19-13-40)66(91)82-25-5-23-68(82,3)67(92)72-24-22-39-10-14-43(15-11-39)61(86)75-33-42-8-6-41(7-9-42)27-58(84)76-37/h6-21,30-31,34-35,37-38,48,54-57,59,73-74,83H,5,22-29,32-33,36H2,1-4H3,(H,72,92)(H,75,86)(H,76,84)(H,77,85)(H,78,87)(H,79,89)(H,80,88)/t37-,38+,48+,54+,55+,56+,57+,59-,68+/m1/s1. The van der Waals surface area contributed by atoms with Crippen LogP contribution in [0, 0.1) is 11.6 Å². The molecule has 2 saturated heterocycles. The van der Waals surface area contributed by atoms with E-state index in [1.807, 2.05) is 0 Å². The van der Waals surface area contributed by atoms with E-state index in [0.717, 1.165) is 16.0 Å².